The molecular formula is C24H24ClFN2O4. The van der Waals surface area contributed by atoms with Gasteiger partial charge in [0.25, 0.3) is 0 Å². The predicted molar refractivity (Wildman–Crippen MR) is 120 cm³/mol. The van der Waals surface area contributed by atoms with Gasteiger partial charge in [-0.3, -0.25) is 4.79 Å². The molecule has 0 heterocycles. The van der Waals surface area contributed by atoms with E-state index < -0.39 is 17.8 Å². The van der Waals surface area contributed by atoms with E-state index in [2.05, 4.69) is 5.32 Å². The third-order valence-electron chi connectivity index (χ3n) is 4.93. The maximum Gasteiger partial charge on any atom is 0.234 e. The number of carbonyl (C=O) groups is 1. The molecule has 0 saturated carbocycles. The molecule has 3 rings (SSSR count). The molecular weight excluding hydrogens is 435 g/mol. The van der Waals surface area contributed by atoms with Gasteiger partial charge >= 0.3 is 0 Å². The zero-order chi connectivity index (χ0) is 23.1. The van der Waals surface area contributed by atoms with Crippen LogP contribution in [0.5, 0.6) is 17.2 Å². The topological polar surface area (TPSA) is 93.8 Å². The quantitative estimate of drug-likeness (QED) is 0.427. The van der Waals surface area contributed by atoms with Crippen molar-refractivity contribution in [3.63, 3.8) is 0 Å². The minimum Gasteiger partial charge on any atom is -0.508 e. The molecule has 6 nitrogen and oxygen atoms in total. The first-order valence-corrected chi connectivity index (χ1v) is 10.3. The largest absolute Gasteiger partial charge is 0.508 e. The van der Waals surface area contributed by atoms with Crippen molar-refractivity contribution < 1.29 is 23.8 Å². The number of hydrogen-bond donors (Lipinski definition) is 3. The van der Waals surface area contributed by atoms with Crippen LogP contribution in [0.4, 0.5) is 4.39 Å². The molecule has 0 bridgehead atoms. The molecule has 3 aromatic carbocycles. The van der Waals surface area contributed by atoms with Gasteiger partial charge in [0.1, 0.15) is 18.2 Å². The third kappa shape index (κ3) is 6.12. The monoisotopic (exact) mass is 458 g/mol. The number of phenols is 1. The van der Waals surface area contributed by atoms with Crippen molar-refractivity contribution in [3.05, 3.63) is 88.2 Å². The molecule has 0 radical (unpaired) electrons. The number of ether oxygens (including phenoxy) is 2. The maximum absolute atomic E-state index is 14.0. The van der Waals surface area contributed by atoms with Gasteiger partial charge in [0, 0.05) is 12.1 Å². The number of benzene rings is 3. The Morgan fingerprint density at radius 3 is 2.50 bits per heavy atom. The second-order valence-electron chi connectivity index (χ2n) is 7.18. The first-order chi connectivity index (χ1) is 15.4. The van der Waals surface area contributed by atoms with E-state index >= 15 is 0 Å². The number of methoxy groups -OCH3 is 1. The van der Waals surface area contributed by atoms with E-state index in [0.29, 0.717) is 24.5 Å². The van der Waals surface area contributed by atoms with Crippen LogP contribution in [0.15, 0.2) is 60.7 Å². The van der Waals surface area contributed by atoms with Crippen LogP contribution in [0.25, 0.3) is 0 Å². The number of primary amides is 1. The van der Waals surface area contributed by atoms with Crippen molar-refractivity contribution in [3.8, 4) is 17.2 Å². The van der Waals surface area contributed by atoms with Gasteiger partial charge in [-0.1, -0.05) is 35.9 Å². The number of amides is 1. The summed E-state index contributed by atoms with van der Waals surface area (Å²) < 4.78 is 25.1. The Bertz CT molecular complexity index is 1060. The summed E-state index contributed by atoms with van der Waals surface area (Å²) >= 11 is 6.05. The standard InChI is InChI=1S/C24H24ClFN2O4/c1-31-23-12-16(7-10-22(23)32-14-18-19(25)3-2-4-20(18)26)13-28-21(24(27)30)11-15-5-8-17(29)9-6-15/h2-10,12,21,28-29H,11,13-14H2,1H3,(H2,27,30)/t21-/m0/s1. The fourth-order valence-electron chi connectivity index (χ4n) is 3.14. The lowest BCUT2D eigenvalue weighted by Gasteiger charge is -2.17. The average molecular weight is 459 g/mol. The lowest BCUT2D eigenvalue weighted by Crippen LogP contribution is -2.42. The number of aromatic hydroxyl groups is 1. The molecule has 8 heteroatoms. The molecule has 3 aromatic rings. The molecule has 168 valence electrons. The fourth-order valence-corrected chi connectivity index (χ4v) is 3.36. The summed E-state index contributed by atoms with van der Waals surface area (Å²) in [6, 6.07) is 15.8. The van der Waals surface area contributed by atoms with Crippen molar-refractivity contribution in [2.24, 2.45) is 5.73 Å². The van der Waals surface area contributed by atoms with Gasteiger partial charge in [0.05, 0.1) is 18.2 Å². The molecule has 4 N–H and O–H groups in total. The Balaban J connectivity index is 1.65. The summed E-state index contributed by atoms with van der Waals surface area (Å²) in [6.45, 7) is 0.317. The normalized spacial score (nSPS) is 11.7. The van der Waals surface area contributed by atoms with E-state index in [1.54, 1.807) is 42.5 Å². The highest BCUT2D eigenvalue weighted by Crippen LogP contribution is 2.30. The van der Waals surface area contributed by atoms with Crippen molar-refractivity contribution in [1.29, 1.82) is 0 Å². The highest BCUT2D eigenvalue weighted by atomic mass is 35.5. The van der Waals surface area contributed by atoms with Crippen LogP contribution < -0.4 is 20.5 Å². The first-order valence-electron chi connectivity index (χ1n) is 9.90. The Labute approximate surface area is 190 Å². The van der Waals surface area contributed by atoms with Gasteiger partial charge in [0.15, 0.2) is 11.5 Å². The number of nitrogens with two attached hydrogens (primary N) is 1. The van der Waals surface area contributed by atoms with Crippen LogP contribution in [-0.2, 0) is 24.4 Å². The molecule has 0 saturated heterocycles. The van der Waals surface area contributed by atoms with E-state index in [1.807, 2.05) is 6.07 Å². The Hall–Kier alpha value is -3.29. The van der Waals surface area contributed by atoms with Crippen LogP contribution >= 0.6 is 11.6 Å². The molecule has 0 unspecified atom stereocenters. The summed E-state index contributed by atoms with van der Waals surface area (Å²) in [5, 5.41) is 12.8. The summed E-state index contributed by atoms with van der Waals surface area (Å²) in [5.74, 6) is 0.135. The van der Waals surface area contributed by atoms with Crippen LogP contribution in [-0.4, -0.2) is 24.2 Å². The Morgan fingerprint density at radius 1 is 1.12 bits per heavy atom. The van der Waals surface area contributed by atoms with Gasteiger partial charge in [0.2, 0.25) is 5.91 Å². The van der Waals surface area contributed by atoms with Gasteiger partial charge in [-0.2, -0.15) is 0 Å². The minimum absolute atomic E-state index is 0.0458. The summed E-state index contributed by atoms with van der Waals surface area (Å²) in [7, 11) is 1.51. The van der Waals surface area contributed by atoms with Crippen molar-refractivity contribution in [2.45, 2.75) is 25.6 Å². The fraction of sp³-hybridized carbons (Fsp3) is 0.208. The van der Waals surface area contributed by atoms with Gasteiger partial charge in [-0.05, 0) is 53.9 Å². The second kappa shape index (κ2) is 10.8. The van der Waals surface area contributed by atoms with Crippen LogP contribution in [0.3, 0.4) is 0 Å². The highest BCUT2D eigenvalue weighted by molar-refractivity contribution is 6.31. The number of carbonyl (C=O) groups excluding carboxylic acids is 1. The van der Waals surface area contributed by atoms with Gasteiger partial charge < -0.3 is 25.6 Å². The van der Waals surface area contributed by atoms with Crippen molar-refractivity contribution in [1.82, 2.24) is 5.32 Å². The highest BCUT2D eigenvalue weighted by Gasteiger charge is 2.16. The molecule has 1 amide bonds. The lowest BCUT2D eigenvalue weighted by molar-refractivity contribution is -0.120. The van der Waals surface area contributed by atoms with Gasteiger partial charge in [-0.15, -0.1) is 0 Å². The van der Waals surface area contributed by atoms with E-state index in [1.165, 1.54) is 19.2 Å². The average Bonchev–Trinajstić information content (AvgIpc) is 2.77. The molecule has 0 aliphatic rings. The lowest BCUT2D eigenvalue weighted by atomic mass is 10.0. The molecule has 0 aliphatic carbocycles. The van der Waals surface area contributed by atoms with E-state index in [-0.39, 0.29) is 22.9 Å². The molecule has 0 aliphatic heterocycles. The smallest absolute Gasteiger partial charge is 0.234 e. The van der Waals surface area contributed by atoms with Crippen molar-refractivity contribution >= 4 is 17.5 Å². The predicted octanol–water partition coefficient (Wildman–Crippen LogP) is 3.96. The summed E-state index contributed by atoms with van der Waals surface area (Å²) in [5.41, 5.74) is 7.52. The maximum atomic E-state index is 14.0. The number of hydrogen-bond acceptors (Lipinski definition) is 5. The SMILES string of the molecule is COc1cc(CN[C@@H](Cc2ccc(O)cc2)C(N)=O)ccc1OCc1c(F)cccc1Cl. The Morgan fingerprint density at radius 2 is 1.84 bits per heavy atom. The second-order valence-corrected chi connectivity index (χ2v) is 7.59. The van der Waals surface area contributed by atoms with Crippen molar-refractivity contribution in [2.75, 3.05) is 7.11 Å². The first kappa shape index (κ1) is 23.4. The van der Waals surface area contributed by atoms with Crippen LogP contribution in [0.1, 0.15) is 16.7 Å². The van der Waals surface area contributed by atoms with Crippen LogP contribution in [0.2, 0.25) is 5.02 Å². The number of rotatable bonds is 10. The number of halogens is 2. The summed E-state index contributed by atoms with van der Waals surface area (Å²) in [4.78, 5) is 11.9. The minimum atomic E-state index is -0.593. The molecule has 1 atom stereocenters. The zero-order valence-electron chi connectivity index (χ0n) is 17.5. The van der Waals surface area contributed by atoms with Crippen LogP contribution in [0, 0.1) is 5.82 Å². The molecule has 0 fully saturated rings. The number of phenolic OH excluding ortho intramolecular Hbond substituents is 1. The number of nitrogens with one attached hydrogen (secondary N) is 1. The zero-order valence-corrected chi connectivity index (χ0v) is 18.2. The summed E-state index contributed by atoms with van der Waals surface area (Å²) in [6.07, 6.45) is 0.386. The van der Waals surface area contributed by atoms with E-state index in [9.17, 15) is 14.3 Å². The third-order valence-corrected chi connectivity index (χ3v) is 5.29. The van der Waals surface area contributed by atoms with E-state index in [0.717, 1.165) is 11.1 Å². The molecule has 32 heavy (non-hydrogen) atoms. The molecule has 0 aromatic heterocycles. The van der Waals surface area contributed by atoms with Gasteiger partial charge in [-0.25, -0.2) is 4.39 Å². The van der Waals surface area contributed by atoms with E-state index in [4.69, 9.17) is 26.8 Å². The Kier molecular flexibility index (Phi) is 7.92. The molecule has 0 spiro atoms.